The van der Waals surface area contributed by atoms with Crippen molar-refractivity contribution in [2.24, 2.45) is 11.7 Å². The van der Waals surface area contributed by atoms with E-state index in [2.05, 4.69) is 0 Å². The van der Waals surface area contributed by atoms with E-state index in [1.807, 2.05) is 0 Å². The summed E-state index contributed by atoms with van der Waals surface area (Å²) in [7, 11) is 0. The molecule has 2 atom stereocenters. The molecule has 0 bridgehead atoms. The molecule has 1 fully saturated rings. The lowest BCUT2D eigenvalue weighted by molar-refractivity contribution is -0.145. The van der Waals surface area contributed by atoms with Crippen LogP contribution in [0, 0.1) is 5.92 Å². The molecule has 124 valence electrons. The molecule has 1 aliphatic rings. The highest BCUT2D eigenvalue weighted by molar-refractivity contribution is 5.48. The third-order valence-corrected chi connectivity index (χ3v) is 3.65. The largest absolute Gasteiger partial charge is 0.416 e. The first-order chi connectivity index (χ1) is 10.0. The summed E-state index contributed by atoms with van der Waals surface area (Å²) in [5, 5.41) is 0. The summed E-state index contributed by atoms with van der Waals surface area (Å²) in [5.74, 6) is -0.647. The third kappa shape index (κ3) is 4.53. The molecule has 0 saturated carbocycles. The molecule has 1 heterocycles. The smallest absolute Gasteiger partial charge is 0.370 e. The Bertz CT molecular complexity index is 494. The second-order valence-corrected chi connectivity index (χ2v) is 5.63. The number of alkyl halides is 6. The Labute approximate surface area is 123 Å². The molecular formula is C14H16F6N2. The number of hydrogen-bond acceptors (Lipinski definition) is 2. The third-order valence-electron chi connectivity index (χ3n) is 3.65. The van der Waals surface area contributed by atoms with E-state index >= 15 is 0 Å². The van der Waals surface area contributed by atoms with Crippen molar-refractivity contribution in [1.82, 2.24) is 0 Å². The maximum absolute atomic E-state index is 12.5. The fourth-order valence-electron chi connectivity index (χ4n) is 2.79. The van der Waals surface area contributed by atoms with Gasteiger partial charge < -0.3 is 10.6 Å². The summed E-state index contributed by atoms with van der Waals surface area (Å²) in [4.78, 5) is 1.62. The molecule has 2 nitrogen and oxygen atoms in total. The van der Waals surface area contributed by atoms with E-state index in [0.29, 0.717) is 12.2 Å². The van der Waals surface area contributed by atoms with Crippen molar-refractivity contribution in [2.75, 3.05) is 18.0 Å². The molecule has 8 heteroatoms. The minimum atomic E-state index is -4.43. The van der Waals surface area contributed by atoms with E-state index in [1.165, 1.54) is 12.1 Å². The Balaban J connectivity index is 2.10. The SMILES string of the molecule is NC1CC(CC(F)(F)F)CN(c2ccc(C(F)(F)F)cc2)C1. The van der Waals surface area contributed by atoms with Crippen molar-refractivity contribution in [3.63, 3.8) is 0 Å². The van der Waals surface area contributed by atoms with Gasteiger partial charge >= 0.3 is 12.4 Å². The van der Waals surface area contributed by atoms with Crippen LogP contribution in [0.25, 0.3) is 0 Å². The molecule has 0 aromatic heterocycles. The Morgan fingerprint density at radius 1 is 1.00 bits per heavy atom. The molecule has 2 unspecified atom stereocenters. The highest BCUT2D eigenvalue weighted by Crippen LogP contribution is 2.33. The number of halogens is 6. The number of benzene rings is 1. The van der Waals surface area contributed by atoms with Gasteiger partial charge in [0.2, 0.25) is 0 Å². The zero-order chi connectivity index (χ0) is 16.5. The minimum absolute atomic E-state index is 0.137. The first-order valence-electron chi connectivity index (χ1n) is 6.79. The average molecular weight is 326 g/mol. The summed E-state index contributed by atoms with van der Waals surface area (Å²) >= 11 is 0. The quantitative estimate of drug-likeness (QED) is 0.838. The highest BCUT2D eigenvalue weighted by Gasteiger charge is 2.36. The van der Waals surface area contributed by atoms with Crippen LogP contribution < -0.4 is 10.6 Å². The van der Waals surface area contributed by atoms with E-state index in [4.69, 9.17) is 5.73 Å². The van der Waals surface area contributed by atoms with Crippen LogP contribution in [0.4, 0.5) is 32.0 Å². The van der Waals surface area contributed by atoms with E-state index in [0.717, 1.165) is 12.1 Å². The van der Waals surface area contributed by atoms with Gasteiger partial charge in [-0.15, -0.1) is 0 Å². The Morgan fingerprint density at radius 3 is 2.09 bits per heavy atom. The van der Waals surface area contributed by atoms with Gasteiger partial charge in [0.1, 0.15) is 0 Å². The molecule has 2 rings (SSSR count). The van der Waals surface area contributed by atoms with Crippen molar-refractivity contribution in [1.29, 1.82) is 0 Å². The van der Waals surface area contributed by atoms with Crippen molar-refractivity contribution in [2.45, 2.75) is 31.2 Å². The van der Waals surface area contributed by atoms with Gasteiger partial charge in [-0.25, -0.2) is 0 Å². The van der Waals surface area contributed by atoms with Crippen molar-refractivity contribution < 1.29 is 26.3 Å². The average Bonchev–Trinajstić information content (AvgIpc) is 2.35. The lowest BCUT2D eigenvalue weighted by Crippen LogP contribution is -2.48. The monoisotopic (exact) mass is 326 g/mol. The van der Waals surface area contributed by atoms with Crippen LogP contribution in [0.2, 0.25) is 0 Å². The summed E-state index contributed by atoms with van der Waals surface area (Å²) in [6, 6.07) is 3.96. The molecular weight excluding hydrogens is 310 g/mol. The lowest BCUT2D eigenvalue weighted by Gasteiger charge is -2.38. The molecule has 0 amide bonds. The van der Waals surface area contributed by atoms with Crippen molar-refractivity contribution in [3.8, 4) is 0 Å². The standard InChI is InChI=1S/C14H16F6N2/c15-13(16,17)6-9-5-11(21)8-22(7-9)12-3-1-10(2-4-12)14(18,19)20/h1-4,9,11H,5-8,21H2. The normalized spacial score (nSPS) is 23.7. The molecule has 1 aromatic carbocycles. The molecule has 1 aliphatic heterocycles. The predicted octanol–water partition coefficient (Wildman–Crippen LogP) is 3.81. The maximum atomic E-state index is 12.5. The van der Waals surface area contributed by atoms with E-state index in [9.17, 15) is 26.3 Å². The molecule has 0 spiro atoms. The van der Waals surface area contributed by atoms with Gasteiger partial charge in [-0.2, -0.15) is 26.3 Å². The number of nitrogens with two attached hydrogens (primary N) is 1. The van der Waals surface area contributed by atoms with Crippen LogP contribution in [0.3, 0.4) is 0 Å². The van der Waals surface area contributed by atoms with E-state index in [1.54, 1.807) is 4.90 Å². The number of anilines is 1. The fraction of sp³-hybridized carbons (Fsp3) is 0.571. The lowest BCUT2D eigenvalue weighted by atomic mass is 9.91. The minimum Gasteiger partial charge on any atom is -0.370 e. The Hall–Kier alpha value is -1.44. The van der Waals surface area contributed by atoms with Crippen molar-refractivity contribution in [3.05, 3.63) is 29.8 Å². The molecule has 0 aliphatic carbocycles. The number of rotatable bonds is 2. The van der Waals surface area contributed by atoms with Gasteiger partial charge in [0.05, 0.1) is 5.56 Å². The number of piperidine rings is 1. The van der Waals surface area contributed by atoms with Crippen molar-refractivity contribution >= 4 is 5.69 Å². The molecule has 1 aromatic rings. The maximum Gasteiger partial charge on any atom is 0.416 e. The van der Waals surface area contributed by atoms with Crippen LogP contribution in [-0.2, 0) is 6.18 Å². The molecule has 0 radical (unpaired) electrons. The van der Waals surface area contributed by atoms with E-state index in [-0.39, 0.29) is 13.0 Å². The fourth-order valence-corrected chi connectivity index (χ4v) is 2.79. The Kier molecular flexibility index (Phi) is 4.60. The van der Waals surface area contributed by atoms with Crippen LogP contribution in [-0.4, -0.2) is 25.3 Å². The topological polar surface area (TPSA) is 29.3 Å². The summed E-state index contributed by atoms with van der Waals surface area (Å²) < 4.78 is 75.0. The summed E-state index contributed by atoms with van der Waals surface area (Å²) in [6.45, 7) is 0.471. The van der Waals surface area contributed by atoms with Gasteiger partial charge in [-0.3, -0.25) is 0 Å². The second-order valence-electron chi connectivity index (χ2n) is 5.63. The number of nitrogens with zero attached hydrogens (tertiary/aromatic N) is 1. The van der Waals surface area contributed by atoms with Gasteiger partial charge in [0.25, 0.3) is 0 Å². The second kappa shape index (κ2) is 5.98. The highest BCUT2D eigenvalue weighted by atomic mass is 19.4. The summed E-state index contributed by atoms with van der Waals surface area (Å²) in [5.41, 5.74) is 5.45. The molecule has 1 saturated heterocycles. The van der Waals surface area contributed by atoms with Gasteiger partial charge in [-0.1, -0.05) is 0 Å². The number of hydrogen-bond donors (Lipinski definition) is 1. The van der Waals surface area contributed by atoms with Crippen LogP contribution in [0.15, 0.2) is 24.3 Å². The zero-order valence-corrected chi connectivity index (χ0v) is 11.6. The zero-order valence-electron chi connectivity index (χ0n) is 11.6. The first-order valence-corrected chi connectivity index (χ1v) is 6.79. The van der Waals surface area contributed by atoms with Gasteiger partial charge in [0, 0.05) is 31.2 Å². The predicted molar refractivity (Wildman–Crippen MR) is 70.4 cm³/mol. The first kappa shape index (κ1) is 16.9. The van der Waals surface area contributed by atoms with E-state index < -0.39 is 36.3 Å². The molecule has 22 heavy (non-hydrogen) atoms. The summed E-state index contributed by atoms with van der Waals surface area (Å²) in [6.07, 6.45) is -9.38. The van der Waals surface area contributed by atoms with Crippen LogP contribution in [0.5, 0.6) is 0 Å². The van der Waals surface area contributed by atoms with Gasteiger partial charge in [0.15, 0.2) is 0 Å². The van der Waals surface area contributed by atoms with Crippen LogP contribution in [0.1, 0.15) is 18.4 Å². The Morgan fingerprint density at radius 2 is 1.59 bits per heavy atom. The van der Waals surface area contributed by atoms with Crippen LogP contribution >= 0.6 is 0 Å². The van der Waals surface area contributed by atoms with Gasteiger partial charge in [-0.05, 0) is 36.6 Å². The molecule has 2 N–H and O–H groups in total.